The summed E-state index contributed by atoms with van der Waals surface area (Å²) < 4.78 is 6.89. The van der Waals surface area contributed by atoms with Gasteiger partial charge in [-0.15, -0.1) is 11.3 Å². The number of aromatic nitrogens is 2. The Morgan fingerprint density at radius 3 is 2.54 bits per heavy atom. The Hall–Kier alpha value is -2.93. The summed E-state index contributed by atoms with van der Waals surface area (Å²) in [6.45, 7) is 8.38. The van der Waals surface area contributed by atoms with Crippen LogP contribution in [0.3, 0.4) is 0 Å². The van der Waals surface area contributed by atoms with Crippen molar-refractivity contribution in [2.75, 3.05) is 11.9 Å². The third kappa shape index (κ3) is 3.99. The Bertz CT molecular complexity index is 1000. The highest BCUT2D eigenvalue weighted by molar-refractivity contribution is 7.15. The van der Waals surface area contributed by atoms with Crippen LogP contribution in [-0.4, -0.2) is 28.3 Å². The van der Waals surface area contributed by atoms with E-state index in [4.69, 9.17) is 4.74 Å². The van der Waals surface area contributed by atoms with Gasteiger partial charge in [-0.2, -0.15) is 5.10 Å². The predicted octanol–water partition coefficient (Wildman–Crippen LogP) is 4.68. The molecule has 0 aliphatic rings. The van der Waals surface area contributed by atoms with E-state index in [1.807, 2.05) is 50.4 Å². The third-order valence-corrected chi connectivity index (χ3v) is 5.19. The molecule has 0 radical (unpaired) electrons. The molecular weight excluding hydrogens is 374 g/mol. The van der Waals surface area contributed by atoms with Crippen LogP contribution in [0.1, 0.15) is 46.0 Å². The average Bonchev–Trinajstić information content (AvgIpc) is 3.26. The highest BCUT2D eigenvalue weighted by Gasteiger charge is 2.24. The van der Waals surface area contributed by atoms with Crippen LogP contribution in [0.2, 0.25) is 0 Å². The molecule has 2 heterocycles. The van der Waals surface area contributed by atoms with Gasteiger partial charge in [0.15, 0.2) is 0 Å². The number of amides is 1. The summed E-state index contributed by atoms with van der Waals surface area (Å²) in [4.78, 5) is 25.5. The number of carbonyl (C=O) groups excluding carboxylic acids is 2. The molecule has 1 amide bonds. The van der Waals surface area contributed by atoms with Gasteiger partial charge in [0.1, 0.15) is 16.3 Å². The summed E-state index contributed by atoms with van der Waals surface area (Å²) in [5, 5.41) is 9.52. The highest BCUT2D eigenvalue weighted by Crippen LogP contribution is 2.36. The number of hydrogen-bond acceptors (Lipinski definition) is 5. The molecule has 146 valence electrons. The second-order valence-electron chi connectivity index (χ2n) is 6.38. The number of nitrogens with one attached hydrogen (secondary N) is 1. The van der Waals surface area contributed by atoms with E-state index in [0.29, 0.717) is 22.8 Å². The fourth-order valence-electron chi connectivity index (χ4n) is 2.94. The summed E-state index contributed by atoms with van der Waals surface area (Å²) in [6, 6.07) is 9.63. The normalized spacial score (nSPS) is 10.7. The van der Waals surface area contributed by atoms with E-state index in [1.54, 1.807) is 17.7 Å². The first-order chi connectivity index (χ1) is 13.4. The van der Waals surface area contributed by atoms with Crippen LogP contribution in [0.25, 0.3) is 11.1 Å². The number of hydrogen-bond donors (Lipinski definition) is 1. The number of nitrogens with zero attached hydrogens (tertiary/aromatic N) is 2. The first kappa shape index (κ1) is 19.8. The maximum absolute atomic E-state index is 12.8. The van der Waals surface area contributed by atoms with E-state index < -0.39 is 5.97 Å². The fraction of sp³-hybridized carbons (Fsp3) is 0.286. The lowest BCUT2D eigenvalue weighted by atomic mass is 10.0. The number of benzene rings is 1. The zero-order chi connectivity index (χ0) is 20.3. The molecule has 1 aromatic carbocycles. The molecule has 2 aromatic heterocycles. The Labute approximate surface area is 168 Å². The van der Waals surface area contributed by atoms with Crippen molar-refractivity contribution in [1.82, 2.24) is 9.78 Å². The lowest BCUT2D eigenvalue weighted by molar-refractivity contribution is 0.0529. The van der Waals surface area contributed by atoms with Crippen molar-refractivity contribution in [2.24, 2.45) is 0 Å². The molecule has 0 atom stereocenters. The first-order valence-corrected chi connectivity index (χ1v) is 10.0. The summed E-state index contributed by atoms with van der Waals surface area (Å²) in [7, 11) is 0. The number of rotatable bonds is 6. The molecular formula is C21H23N3O3S. The van der Waals surface area contributed by atoms with E-state index >= 15 is 0 Å². The molecule has 0 fully saturated rings. The second kappa shape index (κ2) is 8.39. The standard InChI is InChI=1S/C21H23N3O3S/c1-5-24-17(11-14(4)23-24)19(25)22-20-18(21(26)27-6-2)16(12-28-20)15-9-7-13(3)8-10-15/h7-12H,5-6H2,1-4H3,(H,22,25). The van der Waals surface area contributed by atoms with Gasteiger partial charge >= 0.3 is 5.97 Å². The average molecular weight is 398 g/mol. The topological polar surface area (TPSA) is 73.2 Å². The summed E-state index contributed by atoms with van der Waals surface area (Å²) in [6.07, 6.45) is 0. The number of ether oxygens (including phenoxy) is 1. The summed E-state index contributed by atoms with van der Waals surface area (Å²) in [5.41, 5.74) is 4.39. The van der Waals surface area contributed by atoms with Crippen LogP contribution in [-0.2, 0) is 11.3 Å². The maximum Gasteiger partial charge on any atom is 0.341 e. The molecule has 0 unspecified atom stereocenters. The van der Waals surface area contributed by atoms with Gasteiger partial charge in [0.25, 0.3) is 5.91 Å². The number of carbonyl (C=O) groups is 2. The summed E-state index contributed by atoms with van der Waals surface area (Å²) in [5.74, 6) is -0.750. The van der Waals surface area contributed by atoms with Crippen LogP contribution in [0.5, 0.6) is 0 Å². The SMILES string of the molecule is CCOC(=O)c1c(-c2ccc(C)cc2)csc1NC(=O)c1cc(C)nn1CC. The van der Waals surface area contributed by atoms with Crippen molar-refractivity contribution in [3.05, 3.63) is 58.2 Å². The van der Waals surface area contributed by atoms with Crippen molar-refractivity contribution in [3.8, 4) is 11.1 Å². The number of anilines is 1. The van der Waals surface area contributed by atoms with Gasteiger partial charge in [0.05, 0.1) is 12.3 Å². The van der Waals surface area contributed by atoms with Crippen molar-refractivity contribution in [3.63, 3.8) is 0 Å². The Morgan fingerprint density at radius 1 is 1.18 bits per heavy atom. The molecule has 3 aromatic rings. The fourth-order valence-corrected chi connectivity index (χ4v) is 3.89. The first-order valence-electron chi connectivity index (χ1n) is 9.16. The van der Waals surface area contributed by atoms with Crippen molar-refractivity contribution < 1.29 is 14.3 Å². The van der Waals surface area contributed by atoms with Crippen LogP contribution in [0.15, 0.2) is 35.7 Å². The molecule has 6 nitrogen and oxygen atoms in total. The van der Waals surface area contributed by atoms with E-state index in [2.05, 4.69) is 10.4 Å². The third-order valence-electron chi connectivity index (χ3n) is 4.29. The van der Waals surface area contributed by atoms with Crippen LogP contribution >= 0.6 is 11.3 Å². The minimum Gasteiger partial charge on any atom is -0.462 e. The van der Waals surface area contributed by atoms with Gasteiger partial charge in [0.2, 0.25) is 0 Å². The molecule has 0 spiro atoms. The minimum atomic E-state index is -0.449. The molecule has 0 saturated heterocycles. The molecule has 0 bridgehead atoms. The minimum absolute atomic E-state index is 0.261. The van der Waals surface area contributed by atoms with Gasteiger partial charge in [0, 0.05) is 17.5 Å². The maximum atomic E-state index is 12.8. The molecule has 1 N–H and O–H groups in total. The Balaban J connectivity index is 1.99. The molecule has 28 heavy (non-hydrogen) atoms. The molecule has 0 aliphatic heterocycles. The monoisotopic (exact) mass is 397 g/mol. The van der Waals surface area contributed by atoms with Crippen LogP contribution in [0.4, 0.5) is 5.00 Å². The second-order valence-corrected chi connectivity index (χ2v) is 7.26. The number of aryl methyl sites for hydroxylation is 3. The van der Waals surface area contributed by atoms with E-state index in [1.165, 1.54) is 11.3 Å². The van der Waals surface area contributed by atoms with Crippen molar-refractivity contribution in [2.45, 2.75) is 34.2 Å². The zero-order valence-electron chi connectivity index (χ0n) is 16.4. The molecule has 0 aliphatic carbocycles. The van der Waals surface area contributed by atoms with Gasteiger partial charge in [-0.3, -0.25) is 9.48 Å². The van der Waals surface area contributed by atoms with Crippen molar-refractivity contribution in [1.29, 1.82) is 0 Å². The van der Waals surface area contributed by atoms with Crippen LogP contribution < -0.4 is 5.32 Å². The van der Waals surface area contributed by atoms with Gasteiger partial charge < -0.3 is 10.1 Å². The predicted molar refractivity (Wildman–Crippen MR) is 111 cm³/mol. The lowest BCUT2D eigenvalue weighted by Gasteiger charge is -2.09. The van der Waals surface area contributed by atoms with Gasteiger partial charge in [-0.25, -0.2) is 4.79 Å². The van der Waals surface area contributed by atoms with E-state index in [-0.39, 0.29) is 12.5 Å². The quantitative estimate of drug-likeness (QED) is 0.613. The Kier molecular flexibility index (Phi) is 5.94. The van der Waals surface area contributed by atoms with Gasteiger partial charge in [-0.05, 0) is 39.3 Å². The summed E-state index contributed by atoms with van der Waals surface area (Å²) >= 11 is 1.31. The van der Waals surface area contributed by atoms with Crippen LogP contribution in [0, 0.1) is 13.8 Å². The largest absolute Gasteiger partial charge is 0.462 e. The molecule has 7 heteroatoms. The van der Waals surface area contributed by atoms with E-state index in [0.717, 1.165) is 22.4 Å². The number of thiophene rings is 1. The molecule has 0 saturated carbocycles. The smallest absolute Gasteiger partial charge is 0.341 e. The van der Waals surface area contributed by atoms with E-state index in [9.17, 15) is 9.59 Å². The molecule has 3 rings (SSSR count). The van der Waals surface area contributed by atoms with Crippen molar-refractivity contribution >= 4 is 28.2 Å². The number of esters is 1. The lowest BCUT2D eigenvalue weighted by Crippen LogP contribution is -2.18. The highest BCUT2D eigenvalue weighted by atomic mass is 32.1. The van der Waals surface area contributed by atoms with Gasteiger partial charge in [-0.1, -0.05) is 29.8 Å². The Morgan fingerprint density at radius 2 is 1.89 bits per heavy atom. The zero-order valence-corrected chi connectivity index (χ0v) is 17.2.